The zero-order valence-electron chi connectivity index (χ0n) is 10.5. The first-order valence-corrected chi connectivity index (χ1v) is 5.82. The van der Waals surface area contributed by atoms with E-state index in [2.05, 4.69) is 9.97 Å². The molecule has 1 aromatic heterocycles. The predicted molar refractivity (Wildman–Crippen MR) is 67.1 cm³/mol. The van der Waals surface area contributed by atoms with Crippen molar-refractivity contribution in [2.75, 3.05) is 0 Å². The largest absolute Gasteiger partial charge is 0.476 e. The van der Waals surface area contributed by atoms with Gasteiger partial charge in [-0.25, -0.2) is 19.2 Å². The van der Waals surface area contributed by atoms with Gasteiger partial charge in [0.1, 0.15) is 11.6 Å². The number of aromatic nitrogens is 2. The summed E-state index contributed by atoms with van der Waals surface area (Å²) in [7, 11) is 0. The molecule has 0 bridgehead atoms. The van der Waals surface area contributed by atoms with E-state index in [-0.39, 0.29) is 11.3 Å². The van der Waals surface area contributed by atoms with Crippen molar-refractivity contribution in [1.29, 1.82) is 0 Å². The SMILES string of the molecule is CCCc1nc(C(=O)O)c2c(F)ccc([N+](=O)[O-])c2n1. The normalized spacial score (nSPS) is 10.7. The quantitative estimate of drug-likeness (QED) is 0.680. The van der Waals surface area contributed by atoms with Crippen LogP contribution >= 0.6 is 0 Å². The Morgan fingerprint density at radius 2 is 2.15 bits per heavy atom. The number of hydrogen-bond acceptors (Lipinski definition) is 5. The van der Waals surface area contributed by atoms with Crippen molar-refractivity contribution in [3.63, 3.8) is 0 Å². The minimum Gasteiger partial charge on any atom is -0.476 e. The maximum atomic E-state index is 13.8. The summed E-state index contributed by atoms with van der Waals surface area (Å²) in [6, 6.07) is 1.81. The number of hydrogen-bond donors (Lipinski definition) is 1. The summed E-state index contributed by atoms with van der Waals surface area (Å²) in [5.41, 5.74) is -1.28. The zero-order chi connectivity index (χ0) is 14.9. The molecule has 2 rings (SSSR count). The van der Waals surface area contributed by atoms with Crippen LogP contribution in [0, 0.1) is 15.9 Å². The molecule has 104 valence electrons. The third-order valence-corrected chi connectivity index (χ3v) is 2.70. The topological polar surface area (TPSA) is 106 Å². The average Bonchev–Trinajstić information content (AvgIpc) is 2.38. The van der Waals surface area contributed by atoms with Crippen molar-refractivity contribution in [3.8, 4) is 0 Å². The van der Waals surface area contributed by atoms with Crippen LogP contribution in [-0.4, -0.2) is 26.0 Å². The van der Waals surface area contributed by atoms with Gasteiger partial charge in [-0.3, -0.25) is 10.1 Å². The molecule has 0 atom stereocenters. The molecule has 0 radical (unpaired) electrons. The van der Waals surface area contributed by atoms with Crippen molar-refractivity contribution in [1.82, 2.24) is 9.97 Å². The smallest absolute Gasteiger partial charge is 0.355 e. The molecule has 0 fully saturated rings. The monoisotopic (exact) mass is 279 g/mol. The molecule has 0 amide bonds. The van der Waals surface area contributed by atoms with E-state index in [4.69, 9.17) is 5.11 Å². The fraction of sp³-hybridized carbons (Fsp3) is 0.250. The van der Waals surface area contributed by atoms with E-state index in [0.717, 1.165) is 12.1 Å². The van der Waals surface area contributed by atoms with Gasteiger partial charge in [0.15, 0.2) is 11.2 Å². The molecule has 1 N–H and O–H groups in total. The van der Waals surface area contributed by atoms with Crippen molar-refractivity contribution in [2.24, 2.45) is 0 Å². The van der Waals surface area contributed by atoms with Crippen LogP contribution in [0.5, 0.6) is 0 Å². The minimum atomic E-state index is -1.45. The Labute approximate surface area is 112 Å². The number of benzene rings is 1. The van der Waals surface area contributed by atoms with Crippen LogP contribution in [0.25, 0.3) is 10.9 Å². The Morgan fingerprint density at radius 3 is 2.70 bits per heavy atom. The van der Waals surface area contributed by atoms with Crippen LogP contribution in [0.3, 0.4) is 0 Å². The molecule has 0 spiro atoms. The second kappa shape index (κ2) is 5.16. The minimum absolute atomic E-state index is 0.145. The maximum Gasteiger partial charge on any atom is 0.355 e. The van der Waals surface area contributed by atoms with Gasteiger partial charge in [-0.2, -0.15) is 0 Å². The Balaban J connectivity index is 2.91. The Bertz CT molecular complexity index is 717. The number of non-ortho nitro benzene ring substituents is 1. The molecule has 0 aliphatic rings. The van der Waals surface area contributed by atoms with E-state index in [0.29, 0.717) is 12.8 Å². The Hall–Kier alpha value is -2.64. The van der Waals surface area contributed by atoms with Gasteiger partial charge in [0.05, 0.1) is 10.3 Å². The lowest BCUT2D eigenvalue weighted by Gasteiger charge is -2.06. The maximum absolute atomic E-state index is 13.8. The van der Waals surface area contributed by atoms with Gasteiger partial charge in [-0.05, 0) is 12.5 Å². The molecule has 20 heavy (non-hydrogen) atoms. The number of nitro benzene ring substituents is 1. The van der Waals surface area contributed by atoms with E-state index in [1.54, 1.807) is 0 Å². The number of rotatable bonds is 4. The highest BCUT2D eigenvalue weighted by Gasteiger charge is 2.23. The van der Waals surface area contributed by atoms with E-state index in [9.17, 15) is 19.3 Å². The molecular formula is C12H10FN3O4. The number of carboxylic acids is 1. The number of halogens is 1. The summed E-state index contributed by atoms with van der Waals surface area (Å²) >= 11 is 0. The molecule has 0 saturated carbocycles. The first-order valence-electron chi connectivity index (χ1n) is 5.82. The van der Waals surface area contributed by atoms with Gasteiger partial charge in [0.25, 0.3) is 5.69 Å². The highest BCUT2D eigenvalue weighted by atomic mass is 19.1. The Kier molecular flexibility index (Phi) is 3.55. The van der Waals surface area contributed by atoms with Crippen LogP contribution in [0.15, 0.2) is 12.1 Å². The molecule has 0 unspecified atom stereocenters. The van der Waals surface area contributed by atoms with E-state index in [1.807, 2.05) is 6.92 Å². The molecule has 0 aliphatic carbocycles. The fourth-order valence-corrected chi connectivity index (χ4v) is 1.87. The molecule has 1 heterocycles. The zero-order valence-corrected chi connectivity index (χ0v) is 10.5. The molecule has 8 heteroatoms. The molecular weight excluding hydrogens is 269 g/mol. The molecule has 1 aromatic carbocycles. The van der Waals surface area contributed by atoms with Gasteiger partial charge in [0.2, 0.25) is 0 Å². The van der Waals surface area contributed by atoms with Crippen LogP contribution in [0.4, 0.5) is 10.1 Å². The molecule has 2 aromatic rings. The summed E-state index contributed by atoms with van der Waals surface area (Å²) in [5, 5.41) is 19.6. The van der Waals surface area contributed by atoms with Crippen LogP contribution in [0.2, 0.25) is 0 Å². The first kappa shape index (κ1) is 13.8. The van der Waals surface area contributed by atoms with Gasteiger partial charge < -0.3 is 5.11 Å². The van der Waals surface area contributed by atoms with Crippen molar-refractivity contribution < 1.29 is 19.2 Å². The van der Waals surface area contributed by atoms with Crippen LogP contribution in [0.1, 0.15) is 29.7 Å². The van der Waals surface area contributed by atoms with Gasteiger partial charge in [-0.15, -0.1) is 0 Å². The molecule has 0 saturated heterocycles. The Morgan fingerprint density at radius 1 is 1.45 bits per heavy atom. The second-order valence-electron chi connectivity index (χ2n) is 4.09. The first-order chi connectivity index (χ1) is 9.45. The number of fused-ring (bicyclic) bond motifs is 1. The van der Waals surface area contributed by atoms with Crippen molar-refractivity contribution >= 4 is 22.6 Å². The number of aromatic carboxylic acids is 1. The summed E-state index contributed by atoms with van der Waals surface area (Å²) in [6.45, 7) is 1.83. The van der Waals surface area contributed by atoms with E-state index >= 15 is 0 Å². The average molecular weight is 279 g/mol. The lowest BCUT2D eigenvalue weighted by molar-refractivity contribution is -0.383. The summed E-state index contributed by atoms with van der Waals surface area (Å²) < 4.78 is 13.8. The van der Waals surface area contributed by atoms with Crippen LogP contribution < -0.4 is 0 Å². The molecule has 7 nitrogen and oxygen atoms in total. The standard InChI is InChI=1S/C12H10FN3O4/c1-2-3-8-14-10-7(16(19)20)5-4-6(13)9(10)11(15-8)12(17)18/h4-5H,2-3H2,1H3,(H,17,18). The third-order valence-electron chi connectivity index (χ3n) is 2.70. The predicted octanol–water partition coefficient (Wildman–Crippen LogP) is 2.33. The highest BCUT2D eigenvalue weighted by Crippen LogP contribution is 2.28. The fourth-order valence-electron chi connectivity index (χ4n) is 1.87. The van der Waals surface area contributed by atoms with Crippen LogP contribution in [-0.2, 0) is 6.42 Å². The summed E-state index contributed by atoms with van der Waals surface area (Å²) in [4.78, 5) is 29.1. The van der Waals surface area contributed by atoms with Crippen molar-refractivity contribution in [2.45, 2.75) is 19.8 Å². The summed E-state index contributed by atoms with van der Waals surface area (Å²) in [6.07, 6.45) is 0.984. The third kappa shape index (κ3) is 2.27. The van der Waals surface area contributed by atoms with Gasteiger partial charge in [0, 0.05) is 12.5 Å². The lowest BCUT2D eigenvalue weighted by Crippen LogP contribution is -2.09. The van der Waals surface area contributed by atoms with Gasteiger partial charge >= 0.3 is 5.97 Å². The number of nitrogens with zero attached hydrogens (tertiary/aromatic N) is 3. The summed E-state index contributed by atoms with van der Waals surface area (Å²) in [5.74, 6) is -2.20. The second-order valence-corrected chi connectivity index (χ2v) is 4.09. The van der Waals surface area contributed by atoms with Crippen molar-refractivity contribution in [3.05, 3.63) is 39.6 Å². The van der Waals surface area contributed by atoms with E-state index < -0.39 is 33.5 Å². The number of aryl methyl sites for hydroxylation is 1. The van der Waals surface area contributed by atoms with E-state index in [1.165, 1.54) is 0 Å². The lowest BCUT2D eigenvalue weighted by atomic mass is 10.1. The highest BCUT2D eigenvalue weighted by molar-refractivity contribution is 6.03. The number of carboxylic acid groups (broad SMARTS) is 1. The van der Waals surface area contributed by atoms with Gasteiger partial charge in [-0.1, -0.05) is 6.92 Å². The molecule has 0 aliphatic heterocycles. The number of nitro groups is 1. The number of carbonyl (C=O) groups is 1.